The van der Waals surface area contributed by atoms with Gasteiger partial charge in [0.15, 0.2) is 0 Å². The van der Waals surface area contributed by atoms with Gasteiger partial charge in [0.05, 0.1) is 13.2 Å². The standard InChI is InChI=1S/C15H19NO2/c1-16(12-4-8-14(17-2)9-5-12)13-6-10-15(18-3)11-7-13/h4-10,15H,11H2,1-3H3. The van der Waals surface area contributed by atoms with Crippen LogP contribution in [0.5, 0.6) is 5.75 Å². The Labute approximate surface area is 108 Å². The van der Waals surface area contributed by atoms with Crippen molar-refractivity contribution in [1.82, 2.24) is 0 Å². The van der Waals surface area contributed by atoms with Crippen LogP contribution in [0.2, 0.25) is 0 Å². The van der Waals surface area contributed by atoms with Crippen molar-refractivity contribution < 1.29 is 9.47 Å². The van der Waals surface area contributed by atoms with E-state index in [1.165, 1.54) is 5.70 Å². The molecular formula is C15H19NO2. The molecule has 0 heterocycles. The van der Waals surface area contributed by atoms with Gasteiger partial charge in [-0.1, -0.05) is 12.2 Å². The van der Waals surface area contributed by atoms with E-state index in [9.17, 15) is 0 Å². The molecule has 0 bridgehead atoms. The van der Waals surface area contributed by atoms with Crippen LogP contribution in [0.25, 0.3) is 0 Å². The SMILES string of the molecule is COc1ccc(N(C)C2=CCC(OC)C=C2)cc1. The Bertz CT molecular complexity index is 448. The molecule has 0 N–H and O–H groups in total. The molecular weight excluding hydrogens is 226 g/mol. The van der Waals surface area contributed by atoms with Gasteiger partial charge in [-0.25, -0.2) is 0 Å². The molecule has 0 radical (unpaired) electrons. The Kier molecular flexibility index (Phi) is 4.05. The monoisotopic (exact) mass is 245 g/mol. The van der Waals surface area contributed by atoms with E-state index in [1.54, 1.807) is 14.2 Å². The molecule has 0 saturated heterocycles. The summed E-state index contributed by atoms with van der Waals surface area (Å²) < 4.78 is 10.4. The molecule has 3 nitrogen and oxygen atoms in total. The predicted molar refractivity (Wildman–Crippen MR) is 74.0 cm³/mol. The molecule has 0 spiro atoms. The Morgan fingerprint density at radius 3 is 2.39 bits per heavy atom. The largest absolute Gasteiger partial charge is 0.497 e. The number of ether oxygens (including phenoxy) is 2. The first-order valence-corrected chi connectivity index (χ1v) is 6.03. The Morgan fingerprint density at radius 1 is 1.17 bits per heavy atom. The van der Waals surface area contributed by atoms with Gasteiger partial charge in [0.2, 0.25) is 0 Å². The third-order valence-corrected chi connectivity index (χ3v) is 3.19. The van der Waals surface area contributed by atoms with E-state index in [-0.39, 0.29) is 6.10 Å². The number of benzene rings is 1. The molecule has 0 aliphatic heterocycles. The average Bonchev–Trinajstić information content (AvgIpc) is 2.47. The topological polar surface area (TPSA) is 21.7 Å². The number of rotatable bonds is 4. The van der Waals surface area contributed by atoms with Crippen molar-refractivity contribution in [2.45, 2.75) is 12.5 Å². The van der Waals surface area contributed by atoms with Crippen LogP contribution in [0.3, 0.4) is 0 Å². The second kappa shape index (κ2) is 5.74. The molecule has 0 aromatic heterocycles. The quantitative estimate of drug-likeness (QED) is 0.814. The Balaban J connectivity index is 2.09. The molecule has 1 aliphatic carbocycles. The van der Waals surface area contributed by atoms with Crippen molar-refractivity contribution >= 4 is 5.69 Å². The second-order valence-corrected chi connectivity index (χ2v) is 4.26. The summed E-state index contributed by atoms with van der Waals surface area (Å²) in [5.41, 5.74) is 2.33. The highest BCUT2D eigenvalue weighted by molar-refractivity contribution is 5.55. The summed E-state index contributed by atoms with van der Waals surface area (Å²) in [6.45, 7) is 0. The number of nitrogens with zero attached hydrogens (tertiary/aromatic N) is 1. The lowest BCUT2D eigenvalue weighted by Gasteiger charge is -2.24. The van der Waals surface area contributed by atoms with Crippen molar-refractivity contribution in [2.75, 3.05) is 26.2 Å². The molecule has 1 aromatic rings. The number of allylic oxidation sites excluding steroid dienone is 1. The van der Waals surface area contributed by atoms with E-state index >= 15 is 0 Å². The molecule has 0 saturated carbocycles. The van der Waals surface area contributed by atoms with Crippen molar-refractivity contribution in [1.29, 1.82) is 0 Å². The minimum absolute atomic E-state index is 0.206. The summed E-state index contributed by atoms with van der Waals surface area (Å²) in [6.07, 6.45) is 7.51. The van der Waals surface area contributed by atoms with Gasteiger partial charge in [0.25, 0.3) is 0 Å². The zero-order valence-electron chi connectivity index (χ0n) is 11.1. The highest BCUT2D eigenvalue weighted by Crippen LogP contribution is 2.24. The first-order chi connectivity index (χ1) is 8.74. The van der Waals surface area contributed by atoms with Crippen LogP contribution in [0.4, 0.5) is 5.69 Å². The lowest BCUT2D eigenvalue weighted by Crippen LogP contribution is -2.19. The smallest absolute Gasteiger partial charge is 0.119 e. The molecule has 1 aliphatic rings. The average molecular weight is 245 g/mol. The predicted octanol–water partition coefficient (Wildman–Crippen LogP) is 2.99. The summed E-state index contributed by atoms with van der Waals surface area (Å²) in [6, 6.07) is 8.04. The maximum absolute atomic E-state index is 5.29. The van der Waals surface area contributed by atoms with Crippen molar-refractivity contribution in [3.05, 3.63) is 48.2 Å². The minimum atomic E-state index is 0.206. The fraction of sp³-hybridized carbons (Fsp3) is 0.333. The van der Waals surface area contributed by atoms with E-state index in [1.807, 2.05) is 12.1 Å². The zero-order chi connectivity index (χ0) is 13.0. The van der Waals surface area contributed by atoms with Crippen LogP contribution < -0.4 is 9.64 Å². The van der Waals surface area contributed by atoms with E-state index in [0.29, 0.717) is 0 Å². The van der Waals surface area contributed by atoms with Crippen LogP contribution in [-0.2, 0) is 4.74 Å². The molecule has 0 fully saturated rings. The Morgan fingerprint density at radius 2 is 1.89 bits per heavy atom. The summed E-state index contributed by atoms with van der Waals surface area (Å²) in [4.78, 5) is 2.15. The highest BCUT2D eigenvalue weighted by atomic mass is 16.5. The number of hydrogen-bond donors (Lipinski definition) is 0. The summed E-state index contributed by atoms with van der Waals surface area (Å²) in [5, 5.41) is 0. The minimum Gasteiger partial charge on any atom is -0.497 e. The van der Waals surface area contributed by atoms with Crippen LogP contribution in [0.1, 0.15) is 6.42 Å². The number of methoxy groups -OCH3 is 2. The first kappa shape index (κ1) is 12.7. The van der Waals surface area contributed by atoms with Gasteiger partial charge >= 0.3 is 0 Å². The fourth-order valence-electron chi connectivity index (χ4n) is 1.97. The van der Waals surface area contributed by atoms with E-state index in [0.717, 1.165) is 17.9 Å². The summed E-state index contributed by atoms with van der Waals surface area (Å²) >= 11 is 0. The number of likely N-dealkylation sites (N-methyl/N-ethyl adjacent to an activating group) is 1. The fourth-order valence-corrected chi connectivity index (χ4v) is 1.97. The lowest BCUT2D eigenvalue weighted by molar-refractivity contribution is 0.142. The molecule has 1 atom stereocenters. The van der Waals surface area contributed by atoms with E-state index < -0.39 is 0 Å². The lowest BCUT2D eigenvalue weighted by atomic mass is 10.1. The first-order valence-electron chi connectivity index (χ1n) is 6.03. The van der Waals surface area contributed by atoms with Gasteiger partial charge in [-0.15, -0.1) is 0 Å². The van der Waals surface area contributed by atoms with Crippen LogP contribution in [0, 0.1) is 0 Å². The maximum atomic E-state index is 5.29. The molecule has 1 aromatic carbocycles. The normalized spacial score (nSPS) is 18.4. The molecule has 3 heteroatoms. The Hall–Kier alpha value is -1.74. The zero-order valence-corrected chi connectivity index (χ0v) is 11.1. The maximum Gasteiger partial charge on any atom is 0.119 e. The molecule has 1 unspecified atom stereocenters. The van der Waals surface area contributed by atoms with Gasteiger partial charge < -0.3 is 14.4 Å². The van der Waals surface area contributed by atoms with Crippen LogP contribution >= 0.6 is 0 Å². The van der Waals surface area contributed by atoms with Crippen molar-refractivity contribution in [3.8, 4) is 5.75 Å². The third kappa shape index (κ3) is 2.74. The molecule has 2 rings (SSSR count). The molecule has 96 valence electrons. The number of hydrogen-bond acceptors (Lipinski definition) is 3. The van der Waals surface area contributed by atoms with Gasteiger partial charge in [0.1, 0.15) is 5.75 Å². The molecule has 0 amide bonds. The van der Waals surface area contributed by atoms with Gasteiger partial charge in [-0.3, -0.25) is 0 Å². The van der Waals surface area contributed by atoms with Crippen molar-refractivity contribution in [3.63, 3.8) is 0 Å². The van der Waals surface area contributed by atoms with Crippen LogP contribution in [-0.4, -0.2) is 27.4 Å². The summed E-state index contributed by atoms with van der Waals surface area (Å²) in [5.74, 6) is 0.875. The summed E-state index contributed by atoms with van der Waals surface area (Å²) in [7, 11) is 5.47. The molecule has 18 heavy (non-hydrogen) atoms. The third-order valence-electron chi connectivity index (χ3n) is 3.19. The van der Waals surface area contributed by atoms with Gasteiger partial charge in [-0.05, 0) is 36.8 Å². The van der Waals surface area contributed by atoms with Crippen LogP contribution in [0.15, 0.2) is 48.2 Å². The number of anilines is 1. The highest BCUT2D eigenvalue weighted by Gasteiger charge is 2.11. The van der Waals surface area contributed by atoms with Crippen molar-refractivity contribution in [2.24, 2.45) is 0 Å². The van der Waals surface area contributed by atoms with Gasteiger partial charge in [-0.2, -0.15) is 0 Å². The second-order valence-electron chi connectivity index (χ2n) is 4.26. The van der Waals surface area contributed by atoms with E-state index in [2.05, 4.69) is 42.3 Å². The van der Waals surface area contributed by atoms with E-state index in [4.69, 9.17) is 9.47 Å². The van der Waals surface area contributed by atoms with Gasteiger partial charge in [0, 0.05) is 25.5 Å².